The molecule has 0 aliphatic heterocycles. The average molecular weight is 400 g/mol. The number of hydrogen-bond donors (Lipinski definition) is 1. The van der Waals surface area contributed by atoms with Crippen molar-refractivity contribution in [2.24, 2.45) is 0 Å². The van der Waals surface area contributed by atoms with Crippen molar-refractivity contribution in [3.05, 3.63) is 38.2 Å². The molecular formula is C11H5ClF2INO3. The monoisotopic (exact) mass is 399 g/mol. The van der Waals surface area contributed by atoms with Gasteiger partial charge in [-0.25, -0.2) is 18.6 Å². The van der Waals surface area contributed by atoms with E-state index in [0.717, 1.165) is 0 Å². The molecule has 0 bridgehead atoms. The van der Waals surface area contributed by atoms with E-state index in [4.69, 9.17) is 21.1 Å². The number of carbonyl (C=O) groups is 1. The average Bonchev–Trinajstić information content (AvgIpc) is 2.77. The SMILES string of the molecule is O=C(O)c1oc(-c2cc(Cl)ccc2I)nc1C(F)F. The van der Waals surface area contributed by atoms with Gasteiger partial charge in [-0.15, -0.1) is 0 Å². The van der Waals surface area contributed by atoms with Crippen LogP contribution < -0.4 is 0 Å². The summed E-state index contributed by atoms with van der Waals surface area (Å²) >= 11 is 7.74. The van der Waals surface area contributed by atoms with Crippen LogP contribution in [0.4, 0.5) is 8.78 Å². The summed E-state index contributed by atoms with van der Waals surface area (Å²) < 4.78 is 30.9. The van der Waals surface area contributed by atoms with Crippen molar-refractivity contribution < 1.29 is 23.1 Å². The van der Waals surface area contributed by atoms with E-state index in [-0.39, 0.29) is 5.89 Å². The van der Waals surface area contributed by atoms with Crippen molar-refractivity contribution in [2.75, 3.05) is 0 Å². The number of aromatic nitrogens is 1. The van der Waals surface area contributed by atoms with Crippen molar-refractivity contribution in [2.45, 2.75) is 6.43 Å². The molecule has 0 unspecified atom stereocenters. The maximum Gasteiger partial charge on any atom is 0.374 e. The molecular weight excluding hydrogens is 394 g/mol. The molecule has 100 valence electrons. The Morgan fingerprint density at radius 2 is 2.16 bits per heavy atom. The topological polar surface area (TPSA) is 63.3 Å². The Labute approximate surface area is 124 Å². The number of hydrogen-bond acceptors (Lipinski definition) is 3. The van der Waals surface area contributed by atoms with E-state index in [1.54, 1.807) is 12.1 Å². The van der Waals surface area contributed by atoms with E-state index in [0.29, 0.717) is 14.2 Å². The third-order valence-electron chi connectivity index (χ3n) is 2.21. The summed E-state index contributed by atoms with van der Waals surface area (Å²) in [6, 6.07) is 4.73. The van der Waals surface area contributed by atoms with Crippen LogP contribution in [0.2, 0.25) is 5.02 Å². The van der Waals surface area contributed by atoms with E-state index in [9.17, 15) is 13.6 Å². The van der Waals surface area contributed by atoms with Gasteiger partial charge in [0.05, 0.1) is 5.56 Å². The molecule has 0 saturated carbocycles. The number of aromatic carboxylic acids is 1. The summed E-state index contributed by atoms with van der Waals surface area (Å²) in [5, 5.41) is 9.17. The first-order valence-corrected chi connectivity index (χ1v) is 6.33. The third-order valence-corrected chi connectivity index (χ3v) is 3.39. The molecule has 4 nitrogen and oxygen atoms in total. The number of nitrogens with zero attached hydrogens (tertiary/aromatic N) is 1. The summed E-state index contributed by atoms with van der Waals surface area (Å²) in [5.41, 5.74) is -0.527. The second kappa shape index (κ2) is 5.41. The molecule has 0 saturated heterocycles. The fourth-order valence-corrected chi connectivity index (χ4v) is 2.15. The van der Waals surface area contributed by atoms with Crippen LogP contribution in [0.5, 0.6) is 0 Å². The van der Waals surface area contributed by atoms with Crippen LogP contribution in [-0.4, -0.2) is 16.1 Å². The van der Waals surface area contributed by atoms with E-state index in [2.05, 4.69) is 4.98 Å². The van der Waals surface area contributed by atoms with Crippen molar-refractivity contribution in [1.82, 2.24) is 4.98 Å². The first kappa shape index (κ1) is 14.2. The first-order chi connectivity index (χ1) is 8.90. The van der Waals surface area contributed by atoms with Crippen LogP contribution in [0.15, 0.2) is 22.6 Å². The highest BCUT2D eigenvalue weighted by Crippen LogP contribution is 2.32. The van der Waals surface area contributed by atoms with Crippen LogP contribution >= 0.6 is 34.2 Å². The Balaban J connectivity index is 2.60. The molecule has 0 aliphatic rings. The number of alkyl halides is 2. The Kier molecular flexibility index (Phi) is 4.04. The summed E-state index contributed by atoms with van der Waals surface area (Å²) in [7, 11) is 0. The second-order valence-corrected chi connectivity index (χ2v) is 5.06. The van der Waals surface area contributed by atoms with E-state index in [1.165, 1.54) is 6.07 Å². The van der Waals surface area contributed by atoms with Gasteiger partial charge in [0.15, 0.2) is 5.69 Å². The van der Waals surface area contributed by atoms with Crippen LogP contribution in [0, 0.1) is 3.57 Å². The Morgan fingerprint density at radius 3 is 2.68 bits per heavy atom. The van der Waals surface area contributed by atoms with Gasteiger partial charge in [0.25, 0.3) is 6.43 Å². The van der Waals surface area contributed by atoms with Gasteiger partial charge in [-0.1, -0.05) is 11.6 Å². The van der Waals surface area contributed by atoms with Gasteiger partial charge in [-0.05, 0) is 40.8 Å². The minimum absolute atomic E-state index is 0.195. The Morgan fingerprint density at radius 1 is 1.47 bits per heavy atom. The number of carboxylic acid groups (broad SMARTS) is 1. The van der Waals surface area contributed by atoms with Crippen molar-refractivity contribution in [3.63, 3.8) is 0 Å². The molecule has 2 aromatic rings. The maximum absolute atomic E-state index is 12.7. The number of carboxylic acids is 1. The van der Waals surface area contributed by atoms with Crippen LogP contribution in [0.3, 0.4) is 0 Å². The third kappa shape index (κ3) is 2.86. The molecule has 2 rings (SSSR count). The second-order valence-electron chi connectivity index (χ2n) is 3.46. The summed E-state index contributed by atoms with van der Waals surface area (Å²) in [6.45, 7) is 0. The summed E-state index contributed by atoms with van der Waals surface area (Å²) in [6.07, 6.45) is -3.03. The molecule has 0 radical (unpaired) electrons. The zero-order valence-electron chi connectivity index (χ0n) is 9.03. The Hall–Kier alpha value is -1.22. The molecule has 1 aromatic carbocycles. The van der Waals surface area contributed by atoms with Gasteiger partial charge in [-0.3, -0.25) is 0 Å². The molecule has 19 heavy (non-hydrogen) atoms. The smallest absolute Gasteiger partial charge is 0.374 e. The van der Waals surface area contributed by atoms with Gasteiger partial charge in [0, 0.05) is 8.59 Å². The molecule has 0 fully saturated rings. The highest BCUT2D eigenvalue weighted by atomic mass is 127. The van der Waals surface area contributed by atoms with E-state index in [1.807, 2.05) is 22.6 Å². The summed E-state index contributed by atoms with van der Waals surface area (Å²) in [5.74, 6) is -2.65. The largest absolute Gasteiger partial charge is 0.475 e. The molecule has 1 aromatic heterocycles. The number of oxazole rings is 1. The highest BCUT2D eigenvalue weighted by Gasteiger charge is 2.27. The van der Waals surface area contributed by atoms with Gasteiger partial charge in [-0.2, -0.15) is 0 Å². The lowest BCUT2D eigenvalue weighted by atomic mass is 10.2. The molecule has 0 aliphatic carbocycles. The van der Waals surface area contributed by atoms with E-state index >= 15 is 0 Å². The zero-order valence-corrected chi connectivity index (χ0v) is 11.9. The molecule has 1 heterocycles. The standard InChI is InChI=1S/C11H5ClF2INO3/c12-4-1-2-6(15)5(3-4)10-16-7(9(13)14)8(19-10)11(17)18/h1-3,9H,(H,17,18). The fraction of sp³-hybridized carbons (Fsp3) is 0.0909. The van der Waals surface area contributed by atoms with E-state index < -0.39 is 23.8 Å². The number of halogens is 4. The molecule has 1 N–H and O–H groups in total. The minimum atomic E-state index is -3.03. The quantitative estimate of drug-likeness (QED) is 0.785. The molecule has 0 amide bonds. The van der Waals surface area contributed by atoms with Crippen LogP contribution in [0.1, 0.15) is 22.7 Å². The molecule has 0 spiro atoms. The maximum atomic E-state index is 12.7. The lowest BCUT2D eigenvalue weighted by molar-refractivity contribution is 0.0647. The minimum Gasteiger partial charge on any atom is -0.475 e. The Bertz CT molecular complexity index is 645. The van der Waals surface area contributed by atoms with Crippen molar-refractivity contribution >= 4 is 40.2 Å². The summed E-state index contributed by atoms with van der Waals surface area (Å²) in [4.78, 5) is 14.4. The van der Waals surface area contributed by atoms with Gasteiger partial charge in [0.1, 0.15) is 0 Å². The van der Waals surface area contributed by atoms with Crippen LogP contribution in [-0.2, 0) is 0 Å². The molecule has 8 heteroatoms. The fourth-order valence-electron chi connectivity index (χ4n) is 1.41. The first-order valence-electron chi connectivity index (χ1n) is 4.87. The van der Waals surface area contributed by atoms with Crippen molar-refractivity contribution in [1.29, 1.82) is 0 Å². The number of benzene rings is 1. The van der Waals surface area contributed by atoms with Gasteiger partial charge in [0.2, 0.25) is 11.7 Å². The predicted molar refractivity (Wildman–Crippen MR) is 71.6 cm³/mol. The number of rotatable bonds is 3. The predicted octanol–water partition coefficient (Wildman–Crippen LogP) is 4.24. The zero-order chi connectivity index (χ0) is 14.2. The lowest BCUT2D eigenvalue weighted by Crippen LogP contribution is -1.99. The lowest BCUT2D eigenvalue weighted by Gasteiger charge is -1.99. The normalized spacial score (nSPS) is 11.0. The van der Waals surface area contributed by atoms with Gasteiger partial charge >= 0.3 is 5.97 Å². The van der Waals surface area contributed by atoms with Gasteiger partial charge < -0.3 is 9.52 Å². The van der Waals surface area contributed by atoms with Crippen LogP contribution in [0.25, 0.3) is 11.5 Å². The molecule has 0 atom stereocenters. The van der Waals surface area contributed by atoms with Crippen molar-refractivity contribution in [3.8, 4) is 11.5 Å². The highest BCUT2D eigenvalue weighted by molar-refractivity contribution is 14.1.